The molecule has 0 aliphatic rings. The van der Waals surface area contributed by atoms with Crippen LogP contribution in [0.15, 0.2) is 24.3 Å². The van der Waals surface area contributed by atoms with Gasteiger partial charge in [0.15, 0.2) is 0 Å². The van der Waals surface area contributed by atoms with E-state index in [1.807, 2.05) is 31.2 Å². The van der Waals surface area contributed by atoms with Gasteiger partial charge in [-0.3, -0.25) is 0 Å². The van der Waals surface area contributed by atoms with Gasteiger partial charge in [0.1, 0.15) is 12.4 Å². The highest BCUT2D eigenvalue weighted by Gasteiger charge is 2.08. The van der Waals surface area contributed by atoms with Crippen molar-refractivity contribution in [1.29, 1.82) is 0 Å². The highest BCUT2D eigenvalue weighted by molar-refractivity contribution is 7.88. The maximum absolute atomic E-state index is 10.9. The van der Waals surface area contributed by atoms with Crippen LogP contribution in [-0.4, -0.2) is 27.3 Å². The SMILES string of the molecule is Cc1ccc(OC[C@@H](C)NS(C)(=O)=O)cc1. The van der Waals surface area contributed by atoms with Crippen LogP contribution in [0.3, 0.4) is 0 Å². The Morgan fingerprint density at radius 3 is 2.38 bits per heavy atom. The van der Waals surface area contributed by atoms with Gasteiger partial charge in [0, 0.05) is 0 Å². The molecule has 0 unspecified atom stereocenters. The second-order valence-electron chi connectivity index (χ2n) is 3.92. The summed E-state index contributed by atoms with van der Waals surface area (Å²) in [6.45, 7) is 4.07. The molecule has 0 amide bonds. The van der Waals surface area contributed by atoms with Gasteiger partial charge < -0.3 is 4.74 Å². The average Bonchev–Trinajstić information content (AvgIpc) is 2.14. The molecule has 1 rings (SSSR count). The van der Waals surface area contributed by atoms with Gasteiger partial charge in [-0.1, -0.05) is 17.7 Å². The van der Waals surface area contributed by atoms with Crippen molar-refractivity contribution in [3.8, 4) is 5.75 Å². The Labute approximate surface area is 96.7 Å². The van der Waals surface area contributed by atoms with Gasteiger partial charge in [-0.05, 0) is 26.0 Å². The van der Waals surface area contributed by atoms with Crippen molar-refractivity contribution in [2.45, 2.75) is 19.9 Å². The summed E-state index contributed by atoms with van der Waals surface area (Å²) in [4.78, 5) is 0. The third-order valence-corrected chi connectivity index (χ3v) is 2.77. The number of aryl methyl sites for hydroxylation is 1. The first-order valence-electron chi connectivity index (χ1n) is 5.03. The van der Waals surface area contributed by atoms with Crippen molar-refractivity contribution >= 4 is 10.0 Å². The summed E-state index contributed by atoms with van der Waals surface area (Å²) in [5.41, 5.74) is 1.16. The summed E-state index contributed by atoms with van der Waals surface area (Å²) in [7, 11) is -3.16. The lowest BCUT2D eigenvalue weighted by Gasteiger charge is -2.13. The predicted molar refractivity (Wildman–Crippen MR) is 64.1 cm³/mol. The lowest BCUT2D eigenvalue weighted by Crippen LogP contribution is -2.35. The van der Waals surface area contributed by atoms with E-state index in [0.29, 0.717) is 6.61 Å². The van der Waals surface area contributed by atoms with Crippen molar-refractivity contribution < 1.29 is 13.2 Å². The largest absolute Gasteiger partial charge is 0.492 e. The molecule has 0 radical (unpaired) electrons. The van der Waals surface area contributed by atoms with Gasteiger partial charge in [0.2, 0.25) is 10.0 Å². The molecule has 1 N–H and O–H groups in total. The zero-order valence-electron chi connectivity index (χ0n) is 9.73. The fourth-order valence-electron chi connectivity index (χ4n) is 1.26. The number of benzene rings is 1. The molecular formula is C11H17NO3S. The van der Waals surface area contributed by atoms with Crippen molar-refractivity contribution in [2.75, 3.05) is 12.9 Å². The Bertz CT molecular complexity index is 425. The minimum atomic E-state index is -3.16. The highest BCUT2D eigenvalue weighted by Crippen LogP contribution is 2.11. The van der Waals surface area contributed by atoms with E-state index in [1.165, 1.54) is 0 Å². The molecule has 1 aromatic rings. The molecule has 1 atom stereocenters. The number of sulfonamides is 1. The smallest absolute Gasteiger partial charge is 0.209 e. The van der Waals surface area contributed by atoms with E-state index in [2.05, 4.69) is 4.72 Å². The van der Waals surface area contributed by atoms with Crippen LogP contribution in [0.25, 0.3) is 0 Å². The van der Waals surface area contributed by atoms with Crippen LogP contribution < -0.4 is 9.46 Å². The van der Waals surface area contributed by atoms with Gasteiger partial charge in [-0.15, -0.1) is 0 Å². The van der Waals surface area contributed by atoms with Crippen LogP contribution in [0.2, 0.25) is 0 Å². The van der Waals surface area contributed by atoms with E-state index in [9.17, 15) is 8.42 Å². The van der Waals surface area contributed by atoms with Gasteiger partial charge >= 0.3 is 0 Å². The third kappa shape index (κ3) is 5.14. The van der Waals surface area contributed by atoms with E-state index in [-0.39, 0.29) is 6.04 Å². The summed E-state index contributed by atoms with van der Waals surface area (Å²) < 4.78 is 29.8. The van der Waals surface area contributed by atoms with E-state index in [0.717, 1.165) is 17.6 Å². The molecule has 0 saturated heterocycles. The molecular weight excluding hydrogens is 226 g/mol. The first-order chi connectivity index (χ1) is 7.37. The van der Waals surface area contributed by atoms with E-state index in [1.54, 1.807) is 6.92 Å². The number of hydrogen-bond acceptors (Lipinski definition) is 3. The van der Waals surface area contributed by atoms with Crippen LogP contribution >= 0.6 is 0 Å². The topological polar surface area (TPSA) is 55.4 Å². The molecule has 16 heavy (non-hydrogen) atoms. The predicted octanol–water partition coefficient (Wildman–Crippen LogP) is 1.31. The molecule has 5 heteroatoms. The van der Waals surface area contributed by atoms with Gasteiger partial charge in [0.25, 0.3) is 0 Å². The Balaban J connectivity index is 2.43. The number of ether oxygens (including phenoxy) is 1. The van der Waals surface area contributed by atoms with Gasteiger partial charge in [-0.2, -0.15) is 0 Å². The molecule has 0 heterocycles. The molecule has 1 aromatic carbocycles. The zero-order chi connectivity index (χ0) is 12.2. The van der Waals surface area contributed by atoms with E-state index >= 15 is 0 Å². The second kappa shape index (κ2) is 5.32. The summed E-state index contributed by atoms with van der Waals surface area (Å²) in [5, 5.41) is 0. The molecule has 4 nitrogen and oxygen atoms in total. The molecule has 0 spiro atoms. The van der Waals surface area contributed by atoms with Crippen LogP contribution in [0, 0.1) is 6.92 Å². The minimum absolute atomic E-state index is 0.240. The van der Waals surface area contributed by atoms with Crippen molar-refractivity contribution in [3.63, 3.8) is 0 Å². The average molecular weight is 243 g/mol. The van der Waals surface area contributed by atoms with Crippen molar-refractivity contribution in [1.82, 2.24) is 4.72 Å². The summed E-state index contributed by atoms with van der Waals surface area (Å²) in [5.74, 6) is 0.743. The van der Waals surface area contributed by atoms with Crippen LogP contribution in [0.1, 0.15) is 12.5 Å². The molecule has 90 valence electrons. The van der Waals surface area contributed by atoms with Gasteiger partial charge in [0.05, 0.1) is 12.3 Å². The quantitative estimate of drug-likeness (QED) is 0.848. The van der Waals surface area contributed by atoms with E-state index < -0.39 is 10.0 Å². The van der Waals surface area contributed by atoms with Crippen molar-refractivity contribution in [3.05, 3.63) is 29.8 Å². The normalized spacial score (nSPS) is 13.4. The lowest BCUT2D eigenvalue weighted by molar-refractivity contribution is 0.287. The lowest BCUT2D eigenvalue weighted by atomic mass is 10.2. The van der Waals surface area contributed by atoms with Crippen LogP contribution in [0.4, 0.5) is 0 Å². The molecule has 0 aliphatic carbocycles. The fourth-order valence-corrected chi connectivity index (χ4v) is 2.05. The standard InChI is InChI=1S/C11H17NO3S/c1-9-4-6-11(7-5-9)15-8-10(2)12-16(3,13)14/h4-7,10,12H,8H2,1-3H3/t10-/m1/s1. The molecule has 0 fully saturated rings. The number of hydrogen-bond donors (Lipinski definition) is 1. The van der Waals surface area contributed by atoms with Crippen LogP contribution in [-0.2, 0) is 10.0 Å². The first-order valence-corrected chi connectivity index (χ1v) is 6.93. The minimum Gasteiger partial charge on any atom is -0.492 e. The number of nitrogens with one attached hydrogen (secondary N) is 1. The van der Waals surface area contributed by atoms with Crippen LogP contribution in [0.5, 0.6) is 5.75 Å². The van der Waals surface area contributed by atoms with Gasteiger partial charge in [-0.25, -0.2) is 13.1 Å². The highest BCUT2D eigenvalue weighted by atomic mass is 32.2. The maximum Gasteiger partial charge on any atom is 0.209 e. The summed E-state index contributed by atoms with van der Waals surface area (Å²) in [6.07, 6.45) is 1.13. The molecule has 0 aliphatic heterocycles. The number of rotatable bonds is 5. The Morgan fingerprint density at radius 2 is 1.88 bits per heavy atom. The maximum atomic E-state index is 10.9. The van der Waals surface area contributed by atoms with Crippen molar-refractivity contribution in [2.24, 2.45) is 0 Å². The fraction of sp³-hybridized carbons (Fsp3) is 0.455. The molecule has 0 bridgehead atoms. The summed E-state index contributed by atoms with van der Waals surface area (Å²) >= 11 is 0. The molecule has 0 saturated carbocycles. The van der Waals surface area contributed by atoms with E-state index in [4.69, 9.17) is 4.74 Å². The Morgan fingerprint density at radius 1 is 1.31 bits per heavy atom. The summed E-state index contributed by atoms with van der Waals surface area (Å²) in [6, 6.07) is 7.38. The first kappa shape index (κ1) is 13.0. The zero-order valence-corrected chi connectivity index (χ0v) is 10.5. The molecule has 0 aromatic heterocycles. The second-order valence-corrected chi connectivity index (χ2v) is 5.70. The Kier molecular flexibility index (Phi) is 4.32. The monoisotopic (exact) mass is 243 g/mol. The third-order valence-electron chi connectivity index (χ3n) is 1.94. The Hall–Kier alpha value is -1.07.